The topological polar surface area (TPSA) is 46.9 Å². The highest BCUT2D eigenvalue weighted by molar-refractivity contribution is 5.77. The maximum absolute atomic E-state index is 11.2. The first-order valence-electron chi connectivity index (χ1n) is 4.34. The van der Waals surface area contributed by atoms with Crippen LogP contribution in [0.25, 0.3) is 0 Å². The molecule has 0 aliphatic rings. The highest BCUT2D eigenvalue weighted by atomic mass is 16.1. The van der Waals surface area contributed by atoms with Crippen molar-refractivity contribution in [2.24, 2.45) is 13.0 Å². The molecule has 1 amide bonds. The van der Waals surface area contributed by atoms with Crippen LogP contribution in [-0.2, 0) is 18.4 Å². The van der Waals surface area contributed by atoms with Gasteiger partial charge in [-0.1, -0.05) is 13.8 Å². The van der Waals surface area contributed by atoms with Gasteiger partial charge in [0.2, 0.25) is 5.91 Å². The highest BCUT2D eigenvalue weighted by Crippen LogP contribution is 1.97. The molecule has 1 rings (SSSR count). The summed E-state index contributed by atoms with van der Waals surface area (Å²) in [5, 5.41) is 2.83. The van der Waals surface area contributed by atoms with Gasteiger partial charge in [0, 0.05) is 19.2 Å². The molecule has 1 N–H and O–H groups in total. The average molecular weight is 181 g/mol. The number of nitrogens with zero attached hydrogens (tertiary/aromatic N) is 2. The number of nitrogens with one attached hydrogen (secondary N) is 1. The molecule has 0 fully saturated rings. The molecule has 1 aromatic heterocycles. The van der Waals surface area contributed by atoms with Crippen LogP contribution in [-0.4, -0.2) is 15.5 Å². The van der Waals surface area contributed by atoms with Gasteiger partial charge >= 0.3 is 0 Å². The lowest BCUT2D eigenvalue weighted by molar-refractivity contribution is -0.124. The number of carbonyl (C=O) groups is 1. The molecular weight excluding hydrogens is 166 g/mol. The number of aromatic nitrogens is 2. The van der Waals surface area contributed by atoms with E-state index in [0.29, 0.717) is 6.54 Å². The summed E-state index contributed by atoms with van der Waals surface area (Å²) < 4.78 is 1.89. The first-order chi connectivity index (χ1) is 6.11. The van der Waals surface area contributed by atoms with E-state index in [4.69, 9.17) is 0 Å². The van der Waals surface area contributed by atoms with E-state index in [-0.39, 0.29) is 11.8 Å². The first-order valence-corrected chi connectivity index (χ1v) is 4.34. The van der Waals surface area contributed by atoms with E-state index >= 15 is 0 Å². The van der Waals surface area contributed by atoms with Gasteiger partial charge in [-0.2, -0.15) is 0 Å². The highest BCUT2D eigenvalue weighted by Gasteiger charge is 2.06. The van der Waals surface area contributed by atoms with Crippen molar-refractivity contribution in [1.82, 2.24) is 14.9 Å². The summed E-state index contributed by atoms with van der Waals surface area (Å²) in [7, 11) is 1.91. The van der Waals surface area contributed by atoms with Crippen LogP contribution in [0, 0.1) is 5.92 Å². The molecule has 0 saturated heterocycles. The Bertz CT molecular complexity index is 291. The molecule has 0 bridgehead atoms. The minimum absolute atomic E-state index is 0.0354. The fourth-order valence-electron chi connectivity index (χ4n) is 0.937. The van der Waals surface area contributed by atoms with Crippen LogP contribution >= 0.6 is 0 Å². The summed E-state index contributed by atoms with van der Waals surface area (Å²) in [6.45, 7) is 4.30. The maximum atomic E-state index is 11.2. The van der Waals surface area contributed by atoms with Gasteiger partial charge in [-0.05, 0) is 0 Å². The number of amides is 1. The third-order valence-corrected chi connectivity index (χ3v) is 1.88. The molecule has 0 saturated carbocycles. The van der Waals surface area contributed by atoms with Crippen molar-refractivity contribution in [3.63, 3.8) is 0 Å². The van der Waals surface area contributed by atoms with Crippen molar-refractivity contribution in [3.8, 4) is 0 Å². The Hall–Kier alpha value is -1.32. The van der Waals surface area contributed by atoms with Crippen LogP contribution in [0.4, 0.5) is 0 Å². The normalized spacial score (nSPS) is 10.5. The molecule has 0 atom stereocenters. The second-order valence-electron chi connectivity index (χ2n) is 3.37. The minimum atomic E-state index is 0.0354. The third-order valence-electron chi connectivity index (χ3n) is 1.88. The van der Waals surface area contributed by atoms with Crippen molar-refractivity contribution in [3.05, 3.63) is 18.2 Å². The van der Waals surface area contributed by atoms with Crippen LogP contribution in [0.2, 0.25) is 0 Å². The van der Waals surface area contributed by atoms with Crippen molar-refractivity contribution < 1.29 is 4.79 Å². The smallest absolute Gasteiger partial charge is 0.222 e. The summed E-state index contributed by atoms with van der Waals surface area (Å²) in [5.41, 5.74) is 1.01. The van der Waals surface area contributed by atoms with E-state index < -0.39 is 0 Å². The number of hydrogen-bond donors (Lipinski definition) is 1. The fourth-order valence-corrected chi connectivity index (χ4v) is 0.937. The number of imidazole rings is 1. The fraction of sp³-hybridized carbons (Fsp3) is 0.556. The van der Waals surface area contributed by atoms with Crippen molar-refractivity contribution in [2.45, 2.75) is 20.4 Å². The zero-order valence-corrected chi connectivity index (χ0v) is 8.24. The quantitative estimate of drug-likeness (QED) is 0.745. The molecule has 1 heterocycles. The molecule has 0 aromatic carbocycles. The summed E-state index contributed by atoms with van der Waals surface area (Å²) >= 11 is 0. The predicted molar refractivity (Wildman–Crippen MR) is 49.9 cm³/mol. The predicted octanol–water partition coefficient (Wildman–Crippen LogP) is 0.692. The first kappa shape index (κ1) is 9.77. The van der Waals surface area contributed by atoms with Crippen LogP contribution in [0.15, 0.2) is 12.5 Å². The Kier molecular flexibility index (Phi) is 3.06. The number of rotatable bonds is 3. The van der Waals surface area contributed by atoms with Gasteiger partial charge < -0.3 is 9.88 Å². The Morgan fingerprint density at radius 3 is 2.85 bits per heavy atom. The zero-order valence-electron chi connectivity index (χ0n) is 8.24. The van der Waals surface area contributed by atoms with Gasteiger partial charge in [0.1, 0.15) is 0 Å². The van der Waals surface area contributed by atoms with Crippen LogP contribution in [0.5, 0.6) is 0 Å². The van der Waals surface area contributed by atoms with Crippen LogP contribution in [0.3, 0.4) is 0 Å². The molecule has 1 aromatic rings. The Morgan fingerprint density at radius 1 is 1.69 bits per heavy atom. The molecule has 0 spiro atoms. The lowest BCUT2D eigenvalue weighted by atomic mass is 10.2. The van der Waals surface area contributed by atoms with Gasteiger partial charge in [0.25, 0.3) is 0 Å². The Labute approximate surface area is 78.0 Å². The van der Waals surface area contributed by atoms with Gasteiger partial charge in [-0.25, -0.2) is 4.98 Å². The lowest BCUT2D eigenvalue weighted by Gasteiger charge is -2.07. The second-order valence-corrected chi connectivity index (χ2v) is 3.37. The lowest BCUT2D eigenvalue weighted by Crippen LogP contribution is -2.27. The summed E-state index contributed by atoms with van der Waals surface area (Å²) in [4.78, 5) is 15.2. The zero-order chi connectivity index (χ0) is 9.84. The van der Waals surface area contributed by atoms with Gasteiger partial charge in [-0.15, -0.1) is 0 Å². The standard InChI is InChI=1S/C9H15N3O/c1-7(2)9(13)11-5-8-4-10-6-12(8)3/h4,6-7H,5H2,1-3H3,(H,11,13). The molecule has 0 radical (unpaired) electrons. The van der Waals surface area contributed by atoms with Crippen molar-refractivity contribution in [1.29, 1.82) is 0 Å². The van der Waals surface area contributed by atoms with Gasteiger partial charge in [0.05, 0.1) is 18.6 Å². The van der Waals surface area contributed by atoms with E-state index in [1.807, 2.05) is 25.5 Å². The molecular formula is C9H15N3O. The largest absolute Gasteiger partial charge is 0.350 e. The minimum Gasteiger partial charge on any atom is -0.350 e. The van der Waals surface area contributed by atoms with Gasteiger partial charge in [0.15, 0.2) is 0 Å². The van der Waals surface area contributed by atoms with Gasteiger partial charge in [-0.3, -0.25) is 4.79 Å². The molecule has 72 valence electrons. The maximum Gasteiger partial charge on any atom is 0.222 e. The van der Waals surface area contributed by atoms with E-state index in [2.05, 4.69) is 10.3 Å². The molecule has 0 unspecified atom stereocenters. The van der Waals surface area contributed by atoms with E-state index in [9.17, 15) is 4.79 Å². The molecule has 4 nitrogen and oxygen atoms in total. The monoisotopic (exact) mass is 181 g/mol. The summed E-state index contributed by atoms with van der Waals surface area (Å²) in [6.07, 6.45) is 3.47. The van der Waals surface area contributed by atoms with E-state index in [1.54, 1.807) is 12.5 Å². The van der Waals surface area contributed by atoms with Crippen LogP contribution < -0.4 is 5.32 Å². The Morgan fingerprint density at radius 2 is 2.38 bits per heavy atom. The Balaban J connectivity index is 2.44. The SMILES string of the molecule is CC(C)C(=O)NCc1cncn1C. The van der Waals surface area contributed by atoms with E-state index in [1.165, 1.54) is 0 Å². The van der Waals surface area contributed by atoms with E-state index in [0.717, 1.165) is 5.69 Å². The van der Waals surface area contributed by atoms with Crippen LogP contribution in [0.1, 0.15) is 19.5 Å². The summed E-state index contributed by atoms with van der Waals surface area (Å²) in [5.74, 6) is 0.106. The average Bonchev–Trinajstić information content (AvgIpc) is 2.47. The molecule has 4 heteroatoms. The third kappa shape index (κ3) is 2.57. The number of hydrogen-bond acceptors (Lipinski definition) is 2. The molecule has 13 heavy (non-hydrogen) atoms. The number of aryl methyl sites for hydroxylation is 1. The number of carbonyl (C=O) groups excluding carboxylic acids is 1. The second kappa shape index (κ2) is 4.07. The van der Waals surface area contributed by atoms with Crippen molar-refractivity contribution in [2.75, 3.05) is 0 Å². The van der Waals surface area contributed by atoms with Crippen molar-refractivity contribution >= 4 is 5.91 Å². The molecule has 0 aliphatic heterocycles. The molecule has 0 aliphatic carbocycles. The summed E-state index contributed by atoms with van der Waals surface area (Å²) in [6, 6.07) is 0.